The molecule has 2 aromatic rings. The van der Waals surface area contributed by atoms with Crippen LogP contribution in [0.1, 0.15) is 12.6 Å². The van der Waals surface area contributed by atoms with Gasteiger partial charge in [0.15, 0.2) is 0 Å². The molecule has 1 aromatic heterocycles. The molecule has 1 amide bonds. The summed E-state index contributed by atoms with van der Waals surface area (Å²) in [5, 5.41) is 7.98. The molecule has 7 nitrogen and oxygen atoms in total. The monoisotopic (exact) mass is 300 g/mol. The van der Waals surface area contributed by atoms with Crippen molar-refractivity contribution in [1.29, 1.82) is 0 Å². The number of benzene rings is 1. The van der Waals surface area contributed by atoms with Crippen LogP contribution in [0.3, 0.4) is 0 Å². The van der Waals surface area contributed by atoms with Gasteiger partial charge in [0.1, 0.15) is 12.4 Å². The third-order valence-electron chi connectivity index (χ3n) is 3.38. The molecule has 114 valence electrons. The van der Waals surface area contributed by atoms with Crippen LogP contribution in [-0.2, 0) is 20.7 Å². The van der Waals surface area contributed by atoms with Gasteiger partial charge in [-0.25, -0.2) is 4.68 Å². The summed E-state index contributed by atoms with van der Waals surface area (Å²) >= 11 is 0. The standard InChI is InChI=1S/C15H16N4O3/c1-11(20)8-12-9-19(17-16-12)14-4-2-13(3-5-14)18-6-7-22-10-15(18)21/h2-5,9H,6-8,10H2,1H3. The Kier molecular flexibility index (Phi) is 3.97. The molecule has 0 aliphatic carbocycles. The van der Waals surface area contributed by atoms with Gasteiger partial charge >= 0.3 is 0 Å². The van der Waals surface area contributed by atoms with Gasteiger partial charge in [0.2, 0.25) is 0 Å². The lowest BCUT2D eigenvalue weighted by atomic mass is 10.2. The number of morpholine rings is 1. The fraction of sp³-hybridized carbons (Fsp3) is 0.333. The number of carbonyl (C=O) groups excluding carboxylic acids is 2. The summed E-state index contributed by atoms with van der Waals surface area (Å²) in [7, 11) is 0. The first-order valence-corrected chi connectivity index (χ1v) is 7.03. The van der Waals surface area contributed by atoms with Crippen LogP contribution in [0.4, 0.5) is 5.69 Å². The SMILES string of the molecule is CC(=O)Cc1cn(-c2ccc(N3CCOCC3=O)cc2)nn1. The molecular weight excluding hydrogens is 284 g/mol. The lowest BCUT2D eigenvalue weighted by Crippen LogP contribution is -2.41. The van der Waals surface area contributed by atoms with E-state index in [1.807, 2.05) is 24.3 Å². The highest BCUT2D eigenvalue weighted by molar-refractivity contribution is 5.94. The van der Waals surface area contributed by atoms with Crippen molar-refractivity contribution in [2.24, 2.45) is 0 Å². The molecule has 0 radical (unpaired) electrons. The van der Waals surface area contributed by atoms with Crippen LogP contribution in [0.2, 0.25) is 0 Å². The molecule has 0 bridgehead atoms. The Bertz CT molecular complexity index is 693. The average molecular weight is 300 g/mol. The highest BCUT2D eigenvalue weighted by Gasteiger charge is 2.20. The van der Waals surface area contributed by atoms with Gasteiger partial charge in [-0.3, -0.25) is 9.59 Å². The highest BCUT2D eigenvalue weighted by Crippen LogP contribution is 2.19. The van der Waals surface area contributed by atoms with E-state index in [2.05, 4.69) is 10.3 Å². The number of rotatable bonds is 4. The van der Waals surface area contributed by atoms with Gasteiger partial charge in [-0.05, 0) is 31.2 Å². The van der Waals surface area contributed by atoms with Crippen molar-refractivity contribution in [1.82, 2.24) is 15.0 Å². The largest absolute Gasteiger partial charge is 0.370 e. The molecular formula is C15H16N4O3. The van der Waals surface area contributed by atoms with Crippen molar-refractivity contribution in [2.45, 2.75) is 13.3 Å². The Morgan fingerprint density at radius 1 is 1.27 bits per heavy atom. The van der Waals surface area contributed by atoms with Gasteiger partial charge in [-0.15, -0.1) is 5.10 Å². The van der Waals surface area contributed by atoms with E-state index in [1.54, 1.807) is 15.8 Å². The third-order valence-corrected chi connectivity index (χ3v) is 3.38. The van der Waals surface area contributed by atoms with E-state index in [9.17, 15) is 9.59 Å². The number of anilines is 1. The summed E-state index contributed by atoms with van der Waals surface area (Å²) in [6.45, 7) is 2.75. The summed E-state index contributed by atoms with van der Waals surface area (Å²) in [6, 6.07) is 7.46. The van der Waals surface area contributed by atoms with Crippen LogP contribution in [0, 0.1) is 0 Å². The minimum atomic E-state index is -0.0384. The molecule has 0 atom stereocenters. The van der Waals surface area contributed by atoms with Crippen molar-refractivity contribution in [3.05, 3.63) is 36.2 Å². The van der Waals surface area contributed by atoms with E-state index < -0.39 is 0 Å². The first kappa shape index (κ1) is 14.4. The zero-order valence-corrected chi connectivity index (χ0v) is 12.2. The Morgan fingerprint density at radius 3 is 2.68 bits per heavy atom. The predicted molar refractivity (Wildman–Crippen MR) is 78.9 cm³/mol. The van der Waals surface area contributed by atoms with Gasteiger partial charge in [-0.2, -0.15) is 0 Å². The number of Topliss-reactive ketones (excluding diaryl/α,β-unsaturated/α-hetero) is 1. The Balaban J connectivity index is 1.77. The number of amides is 1. The van der Waals surface area contributed by atoms with E-state index >= 15 is 0 Å². The van der Waals surface area contributed by atoms with Gasteiger partial charge < -0.3 is 9.64 Å². The van der Waals surface area contributed by atoms with Crippen LogP contribution < -0.4 is 4.90 Å². The molecule has 1 aliphatic heterocycles. The molecule has 0 spiro atoms. The normalized spacial score (nSPS) is 15.1. The molecule has 7 heteroatoms. The zero-order valence-electron chi connectivity index (χ0n) is 12.2. The molecule has 0 saturated carbocycles. The first-order valence-electron chi connectivity index (χ1n) is 7.03. The number of ether oxygens (including phenoxy) is 1. The van der Waals surface area contributed by atoms with Crippen LogP contribution in [-0.4, -0.2) is 46.4 Å². The number of hydrogen-bond acceptors (Lipinski definition) is 5. The second-order valence-electron chi connectivity index (χ2n) is 5.15. The summed E-state index contributed by atoms with van der Waals surface area (Å²) in [4.78, 5) is 24.6. The van der Waals surface area contributed by atoms with E-state index in [1.165, 1.54) is 6.92 Å². The maximum atomic E-state index is 11.8. The summed E-state index contributed by atoms with van der Waals surface area (Å²) in [5.74, 6) is 0.0109. The Labute approximate surface area is 127 Å². The van der Waals surface area contributed by atoms with Crippen molar-refractivity contribution < 1.29 is 14.3 Å². The number of carbonyl (C=O) groups is 2. The third kappa shape index (κ3) is 3.04. The highest BCUT2D eigenvalue weighted by atomic mass is 16.5. The fourth-order valence-electron chi connectivity index (χ4n) is 2.34. The molecule has 1 fully saturated rings. The van der Waals surface area contributed by atoms with Crippen LogP contribution in [0.25, 0.3) is 5.69 Å². The minimum absolute atomic E-state index is 0.0384. The number of ketones is 1. The maximum absolute atomic E-state index is 11.8. The van der Waals surface area contributed by atoms with Crippen LogP contribution in [0.15, 0.2) is 30.5 Å². The first-order chi connectivity index (χ1) is 10.6. The molecule has 3 rings (SSSR count). The number of nitrogens with zero attached hydrogens (tertiary/aromatic N) is 4. The molecule has 1 aliphatic rings. The minimum Gasteiger partial charge on any atom is -0.370 e. The predicted octanol–water partition coefficient (Wildman–Crippen LogP) is 0.762. The van der Waals surface area contributed by atoms with Gasteiger partial charge in [0.25, 0.3) is 5.91 Å². The quantitative estimate of drug-likeness (QED) is 0.833. The zero-order chi connectivity index (χ0) is 15.5. The lowest BCUT2D eigenvalue weighted by Gasteiger charge is -2.26. The molecule has 22 heavy (non-hydrogen) atoms. The lowest BCUT2D eigenvalue weighted by molar-refractivity contribution is -0.125. The molecule has 0 unspecified atom stereocenters. The van der Waals surface area contributed by atoms with Gasteiger partial charge in [-0.1, -0.05) is 5.21 Å². The van der Waals surface area contributed by atoms with E-state index in [0.29, 0.717) is 18.8 Å². The van der Waals surface area contributed by atoms with Gasteiger partial charge in [0, 0.05) is 12.2 Å². The van der Waals surface area contributed by atoms with E-state index in [-0.39, 0.29) is 24.7 Å². The smallest absolute Gasteiger partial charge is 0.253 e. The van der Waals surface area contributed by atoms with E-state index in [4.69, 9.17) is 4.74 Å². The number of aromatic nitrogens is 3. The van der Waals surface area contributed by atoms with Crippen molar-refractivity contribution in [3.8, 4) is 5.69 Å². The molecule has 2 heterocycles. The summed E-state index contributed by atoms with van der Waals surface area (Å²) in [5.41, 5.74) is 2.30. The number of hydrogen-bond donors (Lipinski definition) is 0. The fourth-order valence-corrected chi connectivity index (χ4v) is 2.34. The maximum Gasteiger partial charge on any atom is 0.253 e. The van der Waals surface area contributed by atoms with Crippen LogP contribution >= 0.6 is 0 Å². The topological polar surface area (TPSA) is 77.3 Å². The summed E-state index contributed by atoms with van der Waals surface area (Å²) < 4.78 is 6.73. The summed E-state index contributed by atoms with van der Waals surface area (Å²) in [6.07, 6.45) is 2.01. The van der Waals surface area contributed by atoms with Crippen molar-refractivity contribution in [2.75, 3.05) is 24.7 Å². The Morgan fingerprint density at radius 2 is 2.00 bits per heavy atom. The molecule has 1 aromatic carbocycles. The van der Waals surface area contributed by atoms with Crippen molar-refractivity contribution in [3.63, 3.8) is 0 Å². The molecule has 1 saturated heterocycles. The van der Waals surface area contributed by atoms with E-state index in [0.717, 1.165) is 11.4 Å². The second kappa shape index (κ2) is 6.07. The average Bonchev–Trinajstić information content (AvgIpc) is 2.96. The van der Waals surface area contributed by atoms with Crippen LogP contribution in [0.5, 0.6) is 0 Å². The Hall–Kier alpha value is -2.54. The van der Waals surface area contributed by atoms with Crippen molar-refractivity contribution >= 4 is 17.4 Å². The second-order valence-corrected chi connectivity index (χ2v) is 5.15. The molecule has 0 N–H and O–H groups in total. The van der Waals surface area contributed by atoms with Gasteiger partial charge in [0.05, 0.1) is 30.6 Å².